The van der Waals surface area contributed by atoms with Crippen LogP contribution in [0.2, 0.25) is 5.02 Å². The van der Waals surface area contributed by atoms with Gasteiger partial charge in [0, 0.05) is 17.4 Å². The molecule has 0 saturated carbocycles. The van der Waals surface area contributed by atoms with Crippen LogP contribution in [0.25, 0.3) is 29.0 Å². The third-order valence-electron chi connectivity index (χ3n) is 3.83. The zero-order valence-electron chi connectivity index (χ0n) is 13.6. The van der Waals surface area contributed by atoms with Crippen LogP contribution in [-0.2, 0) is 0 Å². The SMILES string of the molecule is O=c1c2cc(Cl)ccc2nc(/C=C/c2ccccc2)n1-c1ncccn1. The average molecular weight is 361 g/mol. The molecule has 0 bridgehead atoms. The van der Waals surface area contributed by atoms with E-state index in [0.29, 0.717) is 21.7 Å². The highest BCUT2D eigenvalue weighted by molar-refractivity contribution is 6.31. The third-order valence-corrected chi connectivity index (χ3v) is 4.07. The van der Waals surface area contributed by atoms with Crippen molar-refractivity contribution in [3.63, 3.8) is 0 Å². The van der Waals surface area contributed by atoms with Gasteiger partial charge in [-0.15, -0.1) is 0 Å². The Kier molecular flexibility index (Phi) is 4.29. The summed E-state index contributed by atoms with van der Waals surface area (Å²) in [4.78, 5) is 26.1. The van der Waals surface area contributed by atoms with Crippen LogP contribution in [0.5, 0.6) is 0 Å². The molecule has 2 heterocycles. The van der Waals surface area contributed by atoms with Gasteiger partial charge in [0.2, 0.25) is 5.95 Å². The van der Waals surface area contributed by atoms with Crippen molar-refractivity contribution in [2.45, 2.75) is 0 Å². The van der Waals surface area contributed by atoms with Gasteiger partial charge >= 0.3 is 0 Å². The summed E-state index contributed by atoms with van der Waals surface area (Å²) in [6, 6.07) is 16.5. The lowest BCUT2D eigenvalue weighted by Gasteiger charge is -2.09. The van der Waals surface area contributed by atoms with E-state index in [2.05, 4.69) is 15.0 Å². The molecule has 0 fully saturated rings. The minimum absolute atomic E-state index is 0.264. The molecule has 126 valence electrons. The summed E-state index contributed by atoms with van der Waals surface area (Å²) in [6.07, 6.45) is 6.84. The maximum absolute atomic E-state index is 13.1. The number of halogens is 1. The second kappa shape index (κ2) is 6.90. The summed E-state index contributed by atoms with van der Waals surface area (Å²) >= 11 is 6.05. The van der Waals surface area contributed by atoms with Crippen LogP contribution in [0, 0.1) is 0 Å². The van der Waals surface area contributed by atoms with Gasteiger partial charge < -0.3 is 0 Å². The highest BCUT2D eigenvalue weighted by atomic mass is 35.5. The quantitative estimate of drug-likeness (QED) is 0.554. The molecule has 0 aliphatic rings. The molecule has 2 aromatic heterocycles. The zero-order chi connectivity index (χ0) is 17.9. The predicted octanol–water partition coefficient (Wildman–Crippen LogP) is 4.00. The maximum Gasteiger partial charge on any atom is 0.268 e. The van der Waals surface area contributed by atoms with Gasteiger partial charge in [-0.3, -0.25) is 4.79 Å². The summed E-state index contributed by atoms with van der Waals surface area (Å²) in [7, 11) is 0. The average Bonchev–Trinajstić information content (AvgIpc) is 2.68. The van der Waals surface area contributed by atoms with Crippen LogP contribution in [0.15, 0.2) is 71.8 Å². The number of benzene rings is 2. The van der Waals surface area contributed by atoms with Crippen molar-refractivity contribution in [1.29, 1.82) is 0 Å². The van der Waals surface area contributed by atoms with E-state index < -0.39 is 0 Å². The molecule has 4 rings (SSSR count). The molecule has 2 aromatic carbocycles. The van der Waals surface area contributed by atoms with Crippen LogP contribution >= 0.6 is 11.6 Å². The standard InChI is InChI=1S/C20H13ClN4O/c21-15-8-9-17-16(13-15)19(26)25(20-22-11-4-12-23-20)18(24-17)10-7-14-5-2-1-3-6-14/h1-13H/b10-7+. The number of aromatic nitrogens is 4. The monoisotopic (exact) mass is 360 g/mol. The minimum atomic E-state index is -0.267. The van der Waals surface area contributed by atoms with Gasteiger partial charge in [0.25, 0.3) is 5.56 Å². The Morgan fingerprint density at radius 2 is 1.69 bits per heavy atom. The van der Waals surface area contributed by atoms with Crippen molar-refractivity contribution in [2.75, 3.05) is 0 Å². The largest absolute Gasteiger partial charge is 0.268 e. The molecule has 0 aliphatic carbocycles. The maximum atomic E-state index is 13.1. The van der Waals surface area contributed by atoms with E-state index in [-0.39, 0.29) is 11.5 Å². The molecule has 4 aromatic rings. The molecule has 0 unspecified atom stereocenters. The first kappa shape index (κ1) is 16.2. The zero-order valence-corrected chi connectivity index (χ0v) is 14.3. The van der Waals surface area contributed by atoms with Crippen molar-refractivity contribution >= 4 is 34.7 Å². The van der Waals surface area contributed by atoms with Crippen LogP contribution in [0.3, 0.4) is 0 Å². The van der Waals surface area contributed by atoms with Gasteiger partial charge in [-0.2, -0.15) is 0 Å². The van der Waals surface area contributed by atoms with Crippen molar-refractivity contribution in [1.82, 2.24) is 19.5 Å². The predicted molar refractivity (Wildman–Crippen MR) is 103 cm³/mol. The fraction of sp³-hybridized carbons (Fsp3) is 0. The van der Waals surface area contributed by atoms with Crippen LogP contribution in [-0.4, -0.2) is 19.5 Å². The Morgan fingerprint density at radius 3 is 2.46 bits per heavy atom. The molecule has 0 radical (unpaired) electrons. The fourth-order valence-electron chi connectivity index (χ4n) is 2.62. The second-order valence-corrected chi connectivity index (χ2v) is 6.00. The number of hydrogen-bond donors (Lipinski definition) is 0. The van der Waals surface area contributed by atoms with E-state index >= 15 is 0 Å². The van der Waals surface area contributed by atoms with Crippen LogP contribution in [0.4, 0.5) is 0 Å². The normalized spacial score (nSPS) is 11.3. The lowest BCUT2D eigenvalue weighted by Crippen LogP contribution is -2.24. The van der Waals surface area contributed by atoms with E-state index in [1.54, 1.807) is 42.7 Å². The van der Waals surface area contributed by atoms with E-state index in [4.69, 9.17) is 11.6 Å². The summed E-state index contributed by atoms with van der Waals surface area (Å²) < 4.78 is 1.39. The van der Waals surface area contributed by atoms with E-state index in [0.717, 1.165) is 5.56 Å². The minimum Gasteiger partial charge on any atom is -0.268 e. The molecule has 0 aliphatic heterocycles. The first-order chi connectivity index (χ1) is 12.7. The first-order valence-corrected chi connectivity index (χ1v) is 8.33. The van der Waals surface area contributed by atoms with E-state index in [1.807, 2.05) is 36.4 Å². The van der Waals surface area contributed by atoms with Crippen molar-refractivity contribution < 1.29 is 0 Å². The smallest absolute Gasteiger partial charge is 0.268 e. The Morgan fingerprint density at radius 1 is 0.923 bits per heavy atom. The van der Waals surface area contributed by atoms with E-state index in [1.165, 1.54) is 4.57 Å². The fourth-order valence-corrected chi connectivity index (χ4v) is 2.79. The Balaban J connectivity index is 1.97. The number of rotatable bonds is 3. The lowest BCUT2D eigenvalue weighted by molar-refractivity contribution is 0.859. The third kappa shape index (κ3) is 3.12. The molecule has 0 amide bonds. The van der Waals surface area contributed by atoms with Crippen LogP contribution in [0.1, 0.15) is 11.4 Å². The number of hydrogen-bond acceptors (Lipinski definition) is 4. The lowest BCUT2D eigenvalue weighted by atomic mass is 10.2. The number of fused-ring (bicyclic) bond motifs is 1. The highest BCUT2D eigenvalue weighted by Crippen LogP contribution is 2.17. The van der Waals surface area contributed by atoms with Crippen molar-refractivity contribution in [3.8, 4) is 5.95 Å². The topological polar surface area (TPSA) is 60.7 Å². The summed E-state index contributed by atoms with van der Waals surface area (Å²) in [5.41, 5.74) is 1.30. The molecule has 0 saturated heterocycles. The van der Waals surface area contributed by atoms with E-state index in [9.17, 15) is 4.79 Å². The van der Waals surface area contributed by atoms with Gasteiger partial charge in [0.1, 0.15) is 5.82 Å². The van der Waals surface area contributed by atoms with Gasteiger partial charge in [-0.05, 0) is 35.9 Å². The van der Waals surface area contributed by atoms with Gasteiger partial charge in [-0.25, -0.2) is 19.5 Å². The highest BCUT2D eigenvalue weighted by Gasteiger charge is 2.13. The molecule has 6 heteroatoms. The van der Waals surface area contributed by atoms with Gasteiger partial charge in [-0.1, -0.05) is 48.0 Å². The molecule has 0 spiro atoms. The number of nitrogens with zero attached hydrogens (tertiary/aromatic N) is 4. The van der Waals surface area contributed by atoms with Crippen molar-refractivity contribution in [3.05, 3.63) is 93.8 Å². The molecule has 26 heavy (non-hydrogen) atoms. The molecule has 0 atom stereocenters. The Hall–Kier alpha value is -3.31. The second-order valence-electron chi connectivity index (χ2n) is 5.56. The summed E-state index contributed by atoms with van der Waals surface area (Å²) in [6.45, 7) is 0. The molecule has 5 nitrogen and oxygen atoms in total. The Bertz CT molecular complexity index is 1160. The molecule has 0 N–H and O–H groups in total. The summed E-state index contributed by atoms with van der Waals surface area (Å²) in [5, 5.41) is 0.895. The molecular formula is C20H13ClN4O. The summed E-state index contributed by atoms with van der Waals surface area (Å²) in [5.74, 6) is 0.708. The van der Waals surface area contributed by atoms with Crippen molar-refractivity contribution in [2.24, 2.45) is 0 Å². The van der Waals surface area contributed by atoms with Gasteiger partial charge in [0.15, 0.2) is 0 Å². The van der Waals surface area contributed by atoms with Crippen LogP contribution < -0.4 is 5.56 Å². The first-order valence-electron chi connectivity index (χ1n) is 7.95. The Labute approximate surface area is 154 Å². The molecular weight excluding hydrogens is 348 g/mol. The van der Waals surface area contributed by atoms with Gasteiger partial charge in [0.05, 0.1) is 10.9 Å².